The summed E-state index contributed by atoms with van der Waals surface area (Å²) >= 11 is 0. The standard InChI is InChI=1S/C28H22N4O3/c1-33-19-7-3-17(4-8-19)27-29-23-13-11-21(15-25(23)31-27)35-22-12-14-24-26(16-22)32-28(30-24)18-5-9-20(34-2)10-6-18/h3-16H,1-2H3,(H,29,31)(H,30,32). The minimum Gasteiger partial charge on any atom is -0.497 e. The summed E-state index contributed by atoms with van der Waals surface area (Å²) in [5.74, 6) is 4.65. The first-order chi connectivity index (χ1) is 17.2. The second-order valence-corrected chi connectivity index (χ2v) is 8.09. The van der Waals surface area contributed by atoms with Crippen LogP contribution in [0.2, 0.25) is 0 Å². The minimum atomic E-state index is 0.719. The maximum absolute atomic E-state index is 6.16. The first kappa shape index (κ1) is 20.8. The Kier molecular flexibility index (Phi) is 5.07. The summed E-state index contributed by atoms with van der Waals surface area (Å²) < 4.78 is 16.6. The Balaban J connectivity index is 1.25. The molecule has 7 nitrogen and oxygen atoms in total. The van der Waals surface area contributed by atoms with E-state index in [1.807, 2.05) is 84.9 Å². The van der Waals surface area contributed by atoms with Gasteiger partial charge in [-0.3, -0.25) is 0 Å². The highest BCUT2D eigenvalue weighted by Crippen LogP contribution is 2.30. The number of fused-ring (bicyclic) bond motifs is 2. The van der Waals surface area contributed by atoms with Crippen LogP contribution in [0.5, 0.6) is 23.0 Å². The molecule has 2 heterocycles. The van der Waals surface area contributed by atoms with E-state index in [9.17, 15) is 0 Å². The third-order valence-corrected chi connectivity index (χ3v) is 5.87. The van der Waals surface area contributed by atoms with Crippen molar-refractivity contribution in [3.63, 3.8) is 0 Å². The van der Waals surface area contributed by atoms with Crippen LogP contribution >= 0.6 is 0 Å². The van der Waals surface area contributed by atoms with Crippen molar-refractivity contribution in [2.24, 2.45) is 0 Å². The average Bonchev–Trinajstić information content (AvgIpc) is 3.52. The number of ether oxygens (including phenoxy) is 3. The molecule has 0 fully saturated rings. The molecule has 0 atom stereocenters. The van der Waals surface area contributed by atoms with E-state index in [2.05, 4.69) is 9.97 Å². The van der Waals surface area contributed by atoms with Crippen molar-refractivity contribution < 1.29 is 14.2 Å². The van der Waals surface area contributed by atoms with Crippen LogP contribution < -0.4 is 14.2 Å². The van der Waals surface area contributed by atoms with Gasteiger partial charge in [0.1, 0.15) is 34.6 Å². The molecular weight excluding hydrogens is 440 g/mol. The number of nitrogens with zero attached hydrogens (tertiary/aromatic N) is 2. The Hall–Kier alpha value is -4.78. The summed E-state index contributed by atoms with van der Waals surface area (Å²) in [4.78, 5) is 16.1. The molecule has 6 rings (SSSR count). The lowest BCUT2D eigenvalue weighted by molar-refractivity contribution is 0.415. The summed E-state index contributed by atoms with van der Waals surface area (Å²) in [7, 11) is 3.31. The van der Waals surface area contributed by atoms with Crippen LogP contribution in [-0.4, -0.2) is 34.2 Å². The monoisotopic (exact) mass is 462 g/mol. The van der Waals surface area contributed by atoms with Gasteiger partial charge in [0, 0.05) is 23.3 Å². The highest BCUT2D eigenvalue weighted by Gasteiger charge is 2.10. The Morgan fingerprint density at radius 3 is 1.31 bits per heavy atom. The number of nitrogens with one attached hydrogen (secondary N) is 2. The van der Waals surface area contributed by atoms with Crippen molar-refractivity contribution in [1.82, 2.24) is 19.9 Å². The second kappa shape index (κ2) is 8.53. The molecule has 0 amide bonds. The van der Waals surface area contributed by atoms with Crippen LogP contribution in [-0.2, 0) is 0 Å². The fraction of sp³-hybridized carbons (Fsp3) is 0.0714. The number of rotatable bonds is 6. The molecule has 2 N–H and O–H groups in total. The summed E-state index contributed by atoms with van der Waals surface area (Å²) in [5, 5.41) is 0. The topological polar surface area (TPSA) is 85.0 Å². The third-order valence-electron chi connectivity index (χ3n) is 5.87. The molecule has 6 aromatic rings. The number of hydrogen-bond acceptors (Lipinski definition) is 5. The molecule has 0 bridgehead atoms. The van der Waals surface area contributed by atoms with E-state index in [1.54, 1.807) is 14.2 Å². The Morgan fingerprint density at radius 2 is 0.914 bits per heavy atom. The van der Waals surface area contributed by atoms with Gasteiger partial charge in [-0.1, -0.05) is 0 Å². The number of hydrogen-bond donors (Lipinski definition) is 2. The molecule has 7 heteroatoms. The van der Waals surface area contributed by atoms with Crippen LogP contribution in [0.4, 0.5) is 0 Å². The van der Waals surface area contributed by atoms with Crippen LogP contribution in [0.15, 0.2) is 84.9 Å². The zero-order valence-electron chi connectivity index (χ0n) is 19.2. The van der Waals surface area contributed by atoms with Gasteiger partial charge >= 0.3 is 0 Å². The fourth-order valence-corrected chi connectivity index (χ4v) is 4.01. The van der Waals surface area contributed by atoms with Crippen LogP contribution in [0, 0.1) is 0 Å². The van der Waals surface area contributed by atoms with Gasteiger partial charge in [-0.25, -0.2) is 9.97 Å². The summed E-state index contributed by atoms with van der Waals surface area (Å²) in [6, 6.07) is 27.2. The zero-order chi connectivity index (χ0) is 23.8. The molecule has 0 saturated carbocycles. The lowest BCUT2D eigenvalue weighted by Crippen LogP contribution is -1.84. The first-order valence-electron chi connectivity index (χ1n) is 11.1. The van der Waals surface area contributed by atoms with E-state index in [-0.39, 0.29) is 0 Å². The number of aromatic nitrogens is 4. The fourth-order valence-electron chi connectivity index (χ4n) is 4.01. The maximum atomic E-state index is 6.16. The van der Waals surface area contributed by atoms with E-state index < -0.39 is 0 Å². The average molecular weight is 463 g/mol. The third kappa shape index (κ3) is 4.04. The minimum absolute atomic E-state index is 0.719. The van der Waals surface area contributed by atoms with Gasteiger partial charge in [-0.2, -0.15) is 0 Å². The van der Waals surface area contributed by atoms with E-state index in [0.717, 1.165) is 67.8 Å². The van der Waals surface area contributed by atoms with Gasteiger partial charge in [0.2, 0.25) is 0 Å². The maximum Gasteiger partial charge on any atom is 0.138 e. The number of imidazole rings is 2. The van der Waals surface area contributed by atoms with Gasteiger partial charge in [0.15, 0.2) is 0 Å². The molecule has 0 radical (unpaired) electrons. The molecule has 0 unspecified atom stereocenters. The predicted molar refractivity (Wildman–Crippen MR) is 136 cm³/mol. The van der Waals surface area contributed by atoms with Crippen LogP contribution in [0.1, 0.15) is 0 Å². The highest BCUT2D eigenvalue weighted by atomic mass is 16.5. The van der Waals surface area contributed by atoms with Gasteiger partial charge < -0.3 is 24.2 Å². The number of aromatic amines is 2. The molecule has 0 saturated heterocycles. The predicted octanol–water partition coefficient (Wildman–Crippen LogP) is 6.58. The smallest absolute Gasteiger partial charge is 0.138 e. The zero-order valence-corrected chi connectivity index (χ0v) is 19.2. The second-order valence-electron chi connectivity index (χ2n) is 8.09. The van der Waals surface area contributed by atoms with E-state index in [1.165, 1.54) is 0 Å². The van der Waals surface area contributed by atoms with E-state index in [0.29, 0.717) is 0 Å². The van der Waals surface area contributed by atoms with Crippen molar-refractivity contribution in [3.8, 4) is 45.8 Å². The molecule has 2 aromatic heterocycles. The van der Waals surface area contributed by atoms with Gasteiger partial charge in [-0.15, -0.1) is 0 Å². The van der Waals surface area contributed by atoms with Crippen molar-refractivity contribution in [2.45, 2.75) is 0 Å². The lowest BCUT2D eigenvalue weighted by atomic mass is 10.2. The van der Waals surface area contributed by atoms with E-state index >= 15 is 0 Å². The molecule has 0 spiro atoms. The molecule has 172 valence electrons. The van der Waals surface area contributed by atoms with Gasteiger partial charge in [0.25, 0.3) is 0 Å². The lowest BCUT2D eigenvalue weighted by Gasteiger charge is -2.05. The molecule has 35 heavy (non-hydrogen) atoms. The molecule has 0 aliphatic carbocycles. The highest BCUT2D eigenvalue weighted by molar-refractivity contribution is 5.82. The van der Waals surface area contributed by atoms with Crippen LogP contribution in [0.25, 0.3) is 44.8 Å². The number of methoxy groups -OCH3 is 2. The Morgan fingerprint density at radius 1 is 0.514 bits per heavy atom. The summed E-state index contributed by atoms with van der Waals surface area (Å²) in [6.45, 7) is 0. The largest absolute Gasteiger partial charge is 0.497 e. The molecule has 0 aliphatic rings. The quantitative estimate of drug-likeness (QED) is 0.292. The van der Waals surface area contributed by atoms with Crippen molar-refractivity contribution in [1.29, 1.82) is 0 Å². The van der Waals surface area contributed by atoms with Crippen LogP contribution in [0.3, 0.4) is 0 Å². The summed E-state index contributed by atoms with van der Waals surface area (Å²) in [6.07, 6.45) is 0. The Labute approximate surface area is 201 Å². The van der Waals surface area contributed by atoms with E-state index in [4.69, 9.17) is 24.2 Å². The number of H-pyrrole nitrogens is 2. The SMILES string of the molecule is COc1ccc(-c2nc3ccc(Oc4ccc5nc(-c6ccc(OC)cc6)[nH]c5c4)cc3[nH]2)cc1. The Bertz CT molecular complexity index is 1510. The van der Waals surface area contributed by atoms with Crippen molar-refractivity contribution in [3.05, 3.63) is 84.9 Å². The van der Waals surface area contributed by atoms with Crippen molar-refractivity contribution in [2.75, 3.05) is 14.2 Å². The van der Waals surface area contributed by atoms with Crippen molar-refractivity contribution >= 4 is 22.1 Å². The summed E-state index contributed by atoms with van der Waals surface area (Å²) in [5.41, 5.74) is 5.52. The van der Waals surface area contributed by atoms with Gasteiger partial charge in [-0.05, 0) is 72.8 Å². The van der Waals surface area contributed by atoms with Gasteiger partial charge in [0.05, 0.1) is 36.3 Å². The molecular formula is C28H22N4O3. The number of benzene rings is 4. The molecule has 4 aromatic carbocycles. The first-order valence-corrected chi connectivity index (χ1v) is 11.1. The normalized spacial score (nSPS) is 11.1. The molecule has 0 aliphatic heterocycles.